The molecule has 0 unspecified atom stereocenters. The van der Waals surface area contributed by atoms with Crippen LogP contribution < -0.4 is 5.32 Å². The molecule has 1 N–H and O–H groups in total. The minimum atomic E-state index is 0.990. The van der Waals surface area contributed by atoms with Gasteiger partial charge in [0.2, 0.25) is 0 Å². The molecule has 0 bridgehead atoms. The lowest BCUT2D eigenvalue weighted by molar-refractivity contribution is 0.275. The zero-order valence-corrected chi connectivity index (χ0v) is 11.7. The molecule has 0 saturated heterocycles. The largest absolute Gasteiger partial charge is 0.317 e. The van der Waals surface area contributed by atoms with Crippen molar-refractivity contribution in [2.24, 2.45) is 11.8 Å². The van der Waals surface area contributed by atoms with Crippen LogP contribution in [-0.2, 0) is 0 Å². The average Bonchev–Trinajstić information content (AvgIpc) is 2.35. The lowest BCUT2D eigenvalue weighted by Gasteiger charge is -2.26. The second-order valence-corrected chi connectivity index (χ2v) is 5.80. The number of unbranched alkanes of at least 4 members (excludes halogenated alkanes) is 3. The van der Waals surface area contributed by atoms with E-state index in [2.05, 4.69) is 18.8 Å². The maximum Gasteiger partial charge on any atom is -0.00463 e. The lowest BCUT2D eigenvalue weighted by Crippen LogP contribution is -2.21. The molecule has 1 heteroatoms. The summed E-state index contributed by atoms with van der Waals surface area (Å²) >= 11 is 0. The van der Waals surface area contributed by atoms with Gasteiger partial charge in [-0.3, -0.25) is 0 Å². The van der Waals surface area contributed by atoms with Crippen molar-refractivity contribution >= 4 is 0 Å². The van der Waals surface area contributed by atoms with Crippen LogP contribution in [0.1, 0.15) is 64.7 Å². The highest BCUT2D eigenvalue weighted by Crippen LogP contribution is 2.29. The third kappa shape index (κ3) is 7.59. The molecule has 17 heavy (non-hydrogen) atoms. The Kier molecular flexibility index (Phi) is 8.42. The molecular formula is C16H31N. The van der Waals surface area contributed by atoms with Crippen LogP contribution in [0.15, 0.2) is 12.7 Å². The normalized spacial score (nSPS) is 24.8. The molecule has 1 fully saturated rings. The molecule has 0 aromatic carbocycles. The first kappa shape index (κ1) is 14.8. The van der Waals surface area contributed by atoms with E-state index in [1.165, 1.54) is 70.9 Å². The van der Waals surface area contributed by atoms with Crippen LogP contribution >= 0.6 is 0 Å². The Balaban J connectivity index is 1.82. The van der Waals surface area contributed by atoms with Gasteiger partial charge in [-0.15, -0.1) is 6.58 Å². The summed E-state index contributed by atoms with van der Waals surface area (Å²) in [5, 5.41) is 3.59. The number of hydrogen-bond acceptors (Lipinski definition) is 1. The van der Waals surface area contributed by atoms with Crippen LogP contribution in [0.4, 0.5) is 0 Å². The van der Waals surface area contributed by atoms with Gasteiger partial charge in [0.15, 0.2) is 0 Å². The van der Waals surface area contributed by atoms with Gasteiger partial charge in [0.1, 0.15) is 0 Å². The molecule has 0 aromatic rings. The zero-order valence-electron chi connectivity index (χ0n) is 11.7. The Morgan fingerprint density at radius 1 is 1.06 bits per heavy atom. The van der Waals surface area contributed by atoms with Crippen molar-refractivity contribution in [1.29, 1.82) is 0 Å². The van der Waals surface area contributed by atoms with Gasteiger partial charge in [-0.1, -0.05) is 45.1 Å². The highest BCUT2D eigenvalue weighted by molar-refractivity contribution is 4.70. The lowest BCUT2D eigenvalue weighted by atomic mass is 9.81. The summed E-state index contributed by atoms with van der Waals surface area (Å²) in [6, 6.07) is 0. The fourth-order valence-corrected chi connectivity index (χ4v) is 2.76. The predicted octanol–water partition coefficient (Wildman–Crippen LogP) is 4.54. The molecule has 0 aromatic heterocycles. The van der Waals surface area contributed by atoms with Gasteiger partial charge in [-0.05, 0) is 50.6 Å². The van der Waals surface area contributed by atoms with E-state index in [4.69, 9.17) is 0 Å². The van der Waals surface area contributed by atoms with E-state index in [-0.39, 0.29) is 0 Å². The molecule has 0 atom stereocenters. The molecule has 0 aliphatic heterocycles. The first-order chi connectivity index (χ1) is 8.33. The number of nitrogens with one attached hydrogen (secondary N) is 1. The molecule has 1 aliphatic carbocycles. The molecule has 1 aliphatic rings. The zero-order chi connectivity index (χ0) is 12.3. The number of allylic oxidation sites excluding steroid dienone is 1. The molecule has 0 heterocycles. The first-order valence-corrected chi connectivity index (χ1v) is 7.64. The smallest absolute Gasteiger partial charge is 0.00463 e. The molecule has 1 saturated carbocycles. The summed E-state index contributed by atoms with van der Waals surface area (Å²) in [6.45, 7) is 8.60. The molecule has 0 radical (unpaired) electrons. The molecule has 0 spiro atoms. The van der Waals surface area contributed by atoms with E-state index < -0.39 is 0 Å². The van der Waals surface area contributed by atoms with E-state index in [1.54, 1.807) is 0 Å². The standard InChI is InChI=1S/C16H31N/c1-3-4-5-6-7-13-17-14-12-16-10-8-15(2)9-11-16/h3,15-17H,1,4-14H2,2H3. The van der Waals surface area contributed by atoms with Gasteiger partial charge >= 0.3 is 0 Å². The van der Waals surface area contributed by atoms with Crippen molar-refractivity contribution < 1.29 is 0 Å². The van der Waals surface area contributed by atoms with Crippen LogP contribution in [0.3, 0.4) is 0 Å². The summed E-state index contributed by atoms with van der Waals surface area (Å²) in [4.78, 5) is 0. The summed E-state index contributed by atoms with van der Waals surface area (Å²) < 4.78 is 0. The van der Waals surface area contributed by atoms with Crippen molar-refractivity contribution in [3.63, 3.8) is 0 Å². The Morgan fingerprint density at radius 3 is 2.53 bits per heavy atom. The third-order valence-corrected chi connectivity index (χ3v) is 4.13. The quantitative estimate of drug-likeness (QED) is 0.458. The van der Waals surface area contributed by atoms with Crippen LogP contribution in [0.2, 0.25) is 0 Å². The van der Waals surface area contributed by atoms with Gasteiger partial charge in [0, 0.05) is 0 Å². The number of hydrogen-bond donors (Lipinski definition) is 1. The van der Waals surface area contributed by atoms with E-state index in [1.807, 2.05) is 6.08 Å². The Hall–Kier alpha value is -0.300. The highest BCUT2D eigenvalue weighted by atomic mass is 14.8. The summed E-state index contributed by atoms with van der Waals surface area (Å²) in [7, 11) is 0. The van der Waals surface area contributed by atoms with Crippen LogP contribution in [0.25, 0.3) is 0 Å². The molecule has 100 valence electrons. The van der Waals surface area contributed by atoms with Crippen molar-refractivity contribution in [2.75, 3.05) is 13.1 Å². The average molecular weight is 237 g/mol. The SMILES string of the molecule is C=CCCCCCNCCC1CCC(C)CC1. The second kappa shape index (κ2) is 9.70. The van der Waals surface area contributed by atoms with Crippen LogP contribution in [0.5, 0.6) is 0 Å². The monoisotopic (exact) mass is 237 g/mol. The minimum absolute atomic E-state index is 0.990. The topological polar surface area (TPSA) is 12.0 Å². The highest BCUT2D eigenvalue weighted by Gasteiger charge is 2.17. The van der Waals surface area contributed by atoms with Gasteiger partial charge in [0.25, 0.3) is 0 Å². The van der Waals surface area contributed by atoms with E-state index in [0.29, 0.717) is 0 Å². The second-order valence-electron chi connectivity index (χ2n) is 5.80. The fraction of sp³-hybridized carbons (Fsp3) is 0.875. The van der Waals surface area contributed by atoms with Gasteiger partial charge in [0.05, 0.1) is 0 Å². The van der Waals surface area contributed by atoms with Crippen molar-refractivity contribution in [2.45, 2.75) is 64.7 Å². The predicted molar refractivity (Wildman–Crippen MR) is 77.3 cm³/mol. The Bertz CT molecular complexity index is 180. The molecule has 1 rings (SSSR count). The summed E-state index contributed by atoms with van der Waals surface area (Å²) in [5.74, 6) is 2.00. The van der Waals surface area contributed by atoms with E-state index >= 15 is 0 Å². The van der Waals surface area contributed by atoms with E-state index in [0.717, 1.165) is 11.8 Å². The van der Waals surface area contributed by atoms with Crippen LogP contribution in [0, 0.1) is 11.8 Å². The molecule has 1 nitrogen and oxygen atoms in total. The molecule has 0 amide bonds. The van der Waals surface area contributed by atoms with Crippen molar-refractivity contribution in [1.82, 2.24) is 5.32 Å². The first-order valence-electron chi connectivity index (χ1n) is 7.64. The van der Waals surface area contributed by atoms with Gasteiger partial charge < -0.3 is 5.32 Å². The maximum absolute atomic E-state index is 3.75. The van der Waals surface area contributed by atoms with E-state index in [9.17, 15) is 0 Å². The number of rotatable bonds is 9. The minimum Gasteiger partial charge on any atom is -0.317 e. The Morgan fingerprint density at radius 2 is 1.82 bits per heavy atom. The Labute approximate surface area is 108 Å². The van der Waals surface area contributed by atoms with Crippen molar-refractivity contribution in [3.05, 3.63) is 12.7 Å². The van der Waals surface area contributed by atoms with Gasteiger partial charge in [-0.25, -0.2) is 0 Å². The van der Waals surface area contributed by atoms with Crippen molar-refractivity contribution in [3.8, 4) is 0 Å². The molecular weight excluding hydrogens is 206 g/mol. The van der Waals surface area contributed by atoms with Crippen LogP contribution in [-0.4, -0.2) is 13.1 Å². The summed E-state index contributed by atoms with van der Waals surface area (Å²) in [6.07, 6.45) is 14.5. The summed E-state index contributed by atoms with van der Waals surface area (Å²) in [5.41, 5.74) is 0. The van der Waals surface area contributed by atoms with Gasteiger partial charge in [-0.2, -0.15) is 0 Å². The maximum atomic E-state index is 3.75. The third-order valence-electron chi connectivity index (χ3n) is 4.13. The fourth-order valence-electron chi connectivity index (χ4n) is 2.76.